The van der Waals surface area contributed by atoms with Crippen molar-refractivity contribution in [1.82, 2.24) is 4.90 Å². The van der Waals surface area contributed by atoms with E-state index in [1.54, 1.807) is 6.92 Å². The van der Waals surface area contributed by atoms with E-state index in [9.17, 15) is 4.79 Å². The van der Waals surface area contributed by atoms with E-state index in [-0.39, 0.29) is 5.97 Å². The van der Waals surface area contributed by atoms with Gasteiger partial charge in [0.25, 0.3) is 0 Å². The molecule has 2 saturated carbocycles. The van der Waals surface area contributed by atoms with Gasteiger partial charge in [-0.15, -0.1) is 0 Å². The van der Waals surface area contributed by atoms with Crippen LogP contribution in [0, 0.1) is 5.92 Å². The normalized spacial score (nSPS) is 21.8. The molecule has 0 spiro atoms. The predicted octanol–water partition coefficient (Wildman–Crippen LogP) is 2.31. The van der Waals surface area contributed by atoms with Crippen molar-refractivity contribution < 1.29 is 9.53 Å². The van der Waals surface area contributed by atoms with Gasteiger partial charge in [-0.05, 0) is 71.3 Å². The third-order valence-corrected chi connectivity index (χ3v) is 4.39. The number of ether oxygens (including phenoxy) is 1. The van der Waals surface area contributed by atoms with Crippen LogP contribution in [0.4, 0.5) is 0 Å². The summed E-state index contributed by atoms with van der Waals surface area (Å²) in [7, 11) is 0. The van der Waals surface area contributed by atoms with Gasteiger partial charge >= 0.3 is 5.97 Å². The fourth-order valence-electron chi connectivity index (χ4n) is 2.70. The molecule has 2 aliphatic carbocycles. The van der Waals surface area contributed by atoms with E-state index in [0.29, 0.717) is 13.0 Å². The van der Waals surface area contributed by atoms with Crippen LogP contribution in [-0.4, -0.2) is 42.1 Å². The number of unbranched alkanes of at least 4 members (excludes halogenated alkanes) is 1. The molecule has 1 unspecified atom stereocenters. The summed E-state index contributed by atoms with van der Waals surface area (Å²) in [4.78, 5) is 14.4. The fourth-order valence-corrected chi connectivity index (χ4v) is 2.70. The molecule has 0 heterocycles. The molecule has 0 radical (unpaired) electrons. The van der Waals surface area contributed by atoms with E-state index >= 15 is 0 Å². The van der Waals surface area contributed by atoms with Crippen molar-refractivity contribution in [3.05, 3.63) is 0 Å². The average molecular weight is 282 g/mol. The van der Waals surface area contributed by atoms with Crippen molar-refractivity contribution >= 4 is 5.97 Å². The highest BCUT2D eigenvalue weighted by Crippen LogP contribution is 2.34. The Morgan fingerprint density at radius 2 is 2.00 bits per heavy atom. The lowest BCUT2D eigenvalue weighted by molar-refractivity contribution is -0.149. The van der Waals surface area contributed by atoms with Crippen LogP contribution < -0.4 is 5.73 Å². The van der Waals surface area contributed by atoms with Crippen LogP contribution in [0.1, 0.15) is 58.8 Å². The first kappa shape index (κ1) is 15.8. The van der Waals surface area contributed by atoms with Crippen LogP contribution in [0.15, 0.2) is 0 Å². The van der Waals surface area contributed by atoms with Crippen LogP contribution in [0.5, 0.6) is 0 Å². The number of hydrogen-bond donors (Lipinski definition) is 1. The van der Waals surface area contributed by atoms with Crippen LogP contribution in [0.2, 0.25) is 0 Å². The Kier molecular flexibility index (Phi) is 5.44. The molecule has 1 atom stereocenters. The van der Waals surface area contributed by atoms with Gasteiger partial charge in [-0.2, -0.15) is 0 Å². The van der Waals surface area contributed by atoms with Crippen molar-refractivity contribution in [2.24, 2.45) is 11.7 Å². The van der Waals surface area contributed by atoms with Gasteiger partial charge in [0.1, 0.15) is 5.54 Å². The lowest BCUT2D eigenvalue weighted by Crippen LogP contribution is -2.46. The summed E-state index contributed by atoms with van der Waals surface area (Å²) in [5.74, 6) is 0.701. The lowest BCUT2D eigenvalue weighted by Gasteiger charge is -2.24. The Morgan fingerprint density at radius 1 is 1.30 bits per heavy atom. The summed E-state index contributed by atoms with van der Waals surface area (Å²) >= 11 is 0. The summed E-state index contributed by atoms with van der Waals surface area (Å²) in [6.07, 6.45) is 8.46. The molecule has 0 aromatic heterocycles. The van der Waals surface area contributed by atoms with Gasteiger partial charge in [-0.3, -0.25) is 4.79 Å². The quantitative estimate of drug-likeness (QED) is 0.493. The molecule has 0 aromatic carbocycles. The summed E-state index contributed by atoms with van der Waals surface area (Å²) < 4.78 is 5.02. The molecule has 0 aromatic rings. The van der Waals surface area contributed by atoms with Crippen molar-refractivity contribution in [1.29, 1.82) is 0 Å². The van der Waals surface area contributed by atoms with Crippen molar-refractivity contribution in [2.45, 2.75) is 70.4 Å². The summed E-state index contributed by atoms with van der Waals surface area (Å²) in [6.45, 7) is 6.47. The maximum absolute atomic E-state index is 11.7. The Hall–Kier alpha value is -0.610. The maximum atomic E-state index is 11.7. The van der Waals surface area contributed by atoms with Gasteiger partial charge < -0.3 is 15.4 Å². The van der Waals surface area contributed by atoms with Gasteiger partial charge in [-0.1, -0.05) is 0 Å². The third-order valence-electron chi connectivity index (χ3n) is 4.39. The number of hydrogen-bond acceptors (Lipinski definition) is 4. The maximum Gasteiger partial charge on any atom is 0.325 e. The lowest BCUT2D eigenvalue weighted by atomic mass is 9.96. The van der Waals surface area contributed by atoms with Crippen molar-refractivity contribution in [3.8, 4) is 0 Å². The summed E-state index contributed by atoms with van der Waals surface area (Å²) in [5, 5.41) is 0. The van der Waals surface area contributed by atoms with Gasteiger partial charge in [0.05, 0.1) is 6.61 Å². The summed E-state index contributed by atoms with van der Waals surface area (Å²) in [6, 6.07) is 0.852. The Morgan fingerprint density at radius 3 is 2.55 bits per heavy atom. The Bertz CT molecular complexity index is 322. The molecule has 0 amide bonds. The number of esters is 1. The van der Waals surface area contributed by atoms with Crippen molar-refractivity contribution in [2.75, 3.05) is 19.7 Å². The highest BCUT2D eigenvalue weighted by atomic mass is 16.5. The van der Waals surface area contributed by atoms with Crippen LogP contribution in [0.25, 0.3) is 0 Å². The molecule has 2 aliphatic rings. The zero-order valence-electron chi connectivity index (χ0n) is 13.1. The van der Waals surface area contributed by atoms with Gasteiger partial charge in [-0.25, -0.2) is 0 Å². The van der Waals surface area contributed by atoms with Crippen LogP contribution in [0.3, 0.4) is 0 Å². The number of carbonyl (C=O) groups excluding carboxylic acids is 1. The molecule has 20 heavy (non-hydrogen) atoms. The minimum absolute atomic E-state index is 0.267. The van der Waals surface area contributed by atoms with Crippen molar-refractivity contribution in [3.63, 3.8) is 0 Å². The minimum atomic E-state index is -0.823. The first-order chi connectivity index (χ1) is 9.53. The second-order valence-electron chi connectivity index (χ2n) is 6.76. The standard InChI is InChI=1S/C16H30N2O2/c1-3-20-15(19)16(2,17)10-4-5-11-18(14-8-9-14)12-13-6-7-13/h13-14H,3-12,17H2,1-2H3. The zero-order valence-corrected chi connectivity index (χ0v) is 13.1. The average Bonchev–Trinajstić information content (AvgIpc) is 3.26. The van der Waals surface area contributed by atoms with E-state index < -0.39 is 5.54 Å². The number of carbonyl (C=O) groups is 1. The van der Waals surface area contributed by atoms with Gasteiger partial charge in [0.2, 0.25) is 0 Å². The topological polar surface area (TPSA) is 55.6 Å². The zero-order chi connectivity index (χ0) is 14.6. The molecule has 2 N–H and O–H groups in total. The highest BCUT2D eigenvalue weighted by molar-refractivity contribution is 5.79. The molecular formula is C16H30N2O2. The SMILES string of the molecule is CCOC(=O)C(C)(N)CCCCN(CC1CC1)C1CC1. The smallest absolute Gasteiger partial charge is 0.325 e. The van der Waals surface area contributed by atoms with E-state index in [1.165, 1.54) is 38.8 Å². The molecule has 0 saturated heterocycles. The predicted molar refractivity (Wildman–Crippen MR) is 80.4 cm³/mol. The molecule has 4 nitrogen and oxygen atoms in total. The van der Waals surface area contributed by atoms with E-state index in [2.05, 4.69) is 4.90 Å². The second-order valence-corrected chi connectivity index (χ2v) is 6.76. The molecule has 116 valence electrons. The van der Waals surface area contributed by atoms with Gasteiger partial charge in [0, 0.05) is 12.6 Å². The van der Waals surface area contributed by atoms with Gasteiger partial charge in [0.15, 0.2) is 0 Å². The number of rotatable bonds is 10. The van der Waals surface area contributed by atoms with E-state index in [0.717, 1.165) is 24.8 Å². The molecular weight excluding hydrogens is 252 g/mol. The molecule has 0 bridgehead atoms. The van der Waals surface area contributed by atoms with E-state index in [1.807, 2.05) is 6.92 Å². The third kappa shape index (κ3) is 5.06. The first-order valence-electron chi connectivity index (χ1n) is 8.23. The minimum Gasteiger partial charge on any atom is -0.465 e. The molecule has 0 aliphatic heterocycles. The van der Waals surface area contributed by atoms with Crippen LogP contribution in [-0.2, 0) is 9.53 Å². The second kappa shape index (κ2) is 6.90. The highest BCUT2D eigenvalue weighted by Gasteiger charge is 2.33. The monoisotopic (exact) mass is 282 g/mol. The van der Waals surface area contributed by atoms with E-state index in [4.69, 9.17) is 10.5 Å². The molecule has 2 rings (SSSR count). The fraction of sp³-hybridized carbons (Fsp3) is 0.938. The van der Waals surface area contributed by atoms with Crippen LogP contribution >= 0.6 is 0 Å². The molecule has 4 heteroatoms. The summed E-state index contributed by atoms with van der Waals surface area (Å²) in [5.41, 5.74) is 5.22. The molecule has 2 fully saturated rings. The number of nitrogens with two attached hydrogens (primary N) is 1. The Balaban J connectivity index is 1.62. The first-order valence-corrected chi connectivity index (χ1v) is 8.23. The Labute approximate surface area is 123 Å². The largest absolute Gasteiger partial charge is 0.465 e. The number of nitrogens with zero attached hydrogens (tertiary/aromatic N) is 1.